The highest BCUT2D eigenvalue weighted by molar-refractivity contribution is 6.32. The number of amides is 1. The first-order valence-corrected chi connectivity index (χ1v) is 6.38. The molecule has 0 heterocycles. The number of nitriles is 1. The summed E-state index contributed by atoms with van der Waals surface area (Å²) in [6.45, 7) is -0.113. The Hall–Kier alpha value is -2.71. The molecule has 0 spiro atoms. The third-order valence-electron chi connectivity index (χ3n) is 2.64. The van der Waals surface area contributed by atoms with Gasteiger partial charge < -0.3 is 15.2 Å². The van der Waals surface area contributed by atoms with Gasteiger partial charge in [-0.15, -0.1) is 0 Å². The predicted molar refractivity (Wildman–Crippen MR) is 78.6 cm³/mol. The number of para-hydroxylation sites is 2. The lowest BCUT2D eigenvalue weighted by molar-refractivity contribution is 0.102. The highest BCUT2D eigenvalue weighted by Gasteiger charge is 2.11. The first-order chi connectivity index (χ1) is 10.1. The third kappa shape index (κ3) is 3.65. The Bertz CT molecular complexity index is 710. The number of carbonyl (C=O) groups is 1. The van der Waals surface area contributed by atoms with Crippen LogP contribution in [-0.2, 0) is 0 Å². The number of phenolic OH excluding ortho intramolecular Hbond substituents is 1. The van der Waals surface area contributed by atoms with E-state index in [1.165, 1.54) is 18.2 Å². The van der Waals surface area contributed by atoms with E-state index in [-0.39, 0.29) is 17.4 Å². The van der Waals surface area contributed by atoms with E-state index in [4.69, 9.17) is 21.6 Å². The minimum Gasteiger partial charge on any atom is -0.506 e. The maximum atomic E-state index is 12.1. The largest absolute Gasteiger partial charge is 0.506 e. The molecule has 0 saturated carbocycles. The molecule has 1 amide bonds. The molecule has 21 heavy (non-hydrogen) atoms. The van der Waals surface area contributed by atoms with Crippen molar-refractivity contribution in [3.63, 3.8) is 0 Å². The van der Waals surface area contributed by atoms with Crippen LogP contribution in [0.25, 0.3) is 0 Å². The van der Waals surface area contributed by atoms with Gasteiger partial charge in [0.25, 0.3) is 5.91 Å². The van der Waals surface area contributed by atoms with Crippen molar-refractivity contribution >= 4 is 23.2 Å². The zero-order chi connectivity index (χ0) is 15.2. The van der Waals surface area contributed by atoms with Gasteiger partial charge >= 0.3 is 0 Å². The van der Waals surface area contributed by atoms with E-state index >= 15 is 0 Å². The van der Waals surface area contributed by atoms with Gasteiger partial charge in [0.1, 0.15) is 17.6 Å². The Balaban J connectivity index is 2.19. The topological polar surface area (TPSA) is 82.3 Å². The van der Waals surface area contributed by atoms with Crippen LogP contribution in [0, 0.1) is 11.3 Å². The monoisotopic (exact) mass is 302 g/mol. The second kappa shape index (κ2) is 6.64. The Labute approximate surface area is 126 Å². The van der Waals surface area contributed by atoms with E-state index in [9.17, 15) is 9.90 Å². The lowest BCUT2D eigenvalue weighted by atomic mass is 10.2. The number of benzene rings is 2. The van der Waals surface area contributed by atoms with Gasteiger partial charge in [0, 0.05) is 5.56 Å². The van der Waals surface area contributed by atoms with E-state index in [2.05, 4.69) is 5.32 Å². The van der Waals surface area contributed by atoms with Gasteiger partial charge in [-0.05, 0) is 30.3 Å². The van der Waals surface area contributed by atoms with Gasteiger partial charge in [-0.2, -0.15) is 5.26 Å². The zero-order valence-electron chi connectivity index (χ0n) is 10.8. The molecular weight excluding hydrogens is 292 g/mol. The molecule has 0 unspecified atom stereocenters. The predicted octanol–water partition coefficient (Wildman–Crippen LogP) is 3.20. The minimum atomic E-state index is -0.398. The highest BCUT2D eigenvalue weighted by atomic mass is 35.5. The van der Waals surface area contributed by atoms with Gasteiger partial charge in [-0.25, -0.2) is 0 Å². The molecule has 2 aromatic carbocycles. The lowest BCUT2D eigenvalue weighted by Crippen LogP contribution is -2.13. The molecule has 0 aromatic heterocycles. The molecule has 6 heteroatoms. The van der Waals surface area contributed by atoms with Crippen LogP contribution in [0.1, 0.15) is 10.4 Å². The summed E-state index contributed by atoms with van der Waals surface area (Å²) in [6.07, 6.45) is 0. The van der Waals surface area contributed by atoms with E-state index < -0.39 is 5.91 Å². The average molecular weight is 303 g/mol. The van der Waals surface area contributed by atoms with Crippen LogP contribution in [0.15, 0.2) is 42.5 Å². The molecule has 106 valence electrons. The van der Waals surface area contributed by atoms with Crippen LogP contribution in [0.2, 0.25) is 5.02 Å². The molecule has 2 rings (SSSR count). The van der Waals surface area contributed by atoms with Gasteiger partial charge in [-0.1, -0.05) is 23.7 Å². The summed E-state index contributed by atoms with van der Waals surface area (Å²) in [6, 6.07) is 12.8. The van der Waals surface area contributed by atoms with Gasteiger partial charge in [0.15, 0.2) is 6.61 Å². The fourth-order valence-corrected chi connectivity index (χ4v) is 1.83. The van der Waals surface area contributed by atoms with Crippen LogP contribution in [-0.4, -0.2) is 17.6 Å². The number of aromatic hydroxyl groups is 1. The summed E-state index contributed by atoms with van der Waals surface area (Å²) in [5, 5.41) is 20.6. The second-order valence-electron chi connectivity index (χ2n) is 4.06. The van der Waals surface area contributed by atoms with Crippen molar-refractivity contribution in [1.82, 2.24) is 0 Å². The van der Waals surface area contributed by atoms with E-state index in [1.807, 2.05) is 6.07 Å². The second-order valence-corrected chi connectivity index (χ2v) is 4.47. The molecule has 0 aliphatic rings. The quantitative estimate of drug-likeness (QED) is 0.908. The van der Waals surface area contributed by atoms with Crippen molar-refractivity contribution in [2.75, 3.05) is 11.9 Å². The SMILES string of the molecule is N#CCOc1ccccc1NC(=O)c1ccc(O)c(Cl)c1. The maximum Gasteiger partial charge on any atom is 0.255 e. The number of ether oxygens (including phenoxy) is 1. The number of phenols is 1. The molecule has 0 bridgehead atoms. The van der Waals surface area contributed by atoms with Crippen LogP contribution in [0.3, 0.4) is 0 Å². The fourth-order valence-electron chi connectivity index (χ4n) is 1.65. The number of nitrogens with zero attached hydrogens (tertiary/aromatic N) is 1. The summed E-state index contributed by atoms with van der Waals surface area (Å²) < 4.78 is 5.22. The number of halogens is 1. The average Bonchev–Trinajstić information content (AvgIpc) is 2.49. The van der Waals surface area contributed by atoms with Crippen LogP contribution in [0.5, 0.6) is 11.5 Å². The van der Waals surface area contributed by atoms with E-state index in [0.29, 0.717) is 17.0 Å². The van der Waals surface area contributed by atoms with Crippen molar-refractivity contribution in [2.45, 2.75) is 0 Å². The van der Waals surface area contributed by atoms with Gasteiger partial charge in [0.05, 0.1) is 10.7 Å². The van der Waals surface area contributed by atoms with Crippen LogP contribution in [0.4, 0.5) is 5.69 Å². The summed E-state index contributed by atoms with van der Waals surface area (Å²) >= 11 is 5.77. The van der Waals surface area contributed by atoms with Crippen molar-refractivity contribution in [1.29, 1.82) is 5.26 Å². The summed E-state index contributed by atoms with van der Waals surface area (Å²) in [5.41, 5.74) is 0.745. The number of hydrogen-bond acceptors (Lipinski definition) is 4. The standard InChI is InChI=1S/C15H11ClN2O3/c16-11-9-10(5-6-13(11)19)15(20)18-12-3-1-2-4-14(12)21-8-7-17/h1-6,9,19H,8H2,(H,18,20). The zero-order valence-corrected chi connectivity index (χ0v) is 11.6. The Morgan fingerprint density at radius 1 is 1.33 bits per heavy atom. The van der Waals surface area contributed by atoms with Crippen molar-refractivity contribution in [2.24, 2.45) is 0 Å². The maximum absolute atomic E-state index is 12.1. The van der Waals surface area contributed by atoms with Gasteiger partial charge in [-0.3, -0.25) is 4.79 Å². The molecule has 2 N–H and O–H groups in total. The Kier molecular flexibility index (Phi) is 4.64. The first kappa shape index (κ1) is 14.7. The molecule has 0 fully saturated rings. The fraction of sp³-hybridized carbons (Fsp3) is 0.0667. The highest BCUT2D eigenvalue weighted by Crippen LogP contribution is 2.26. The Morgan fingerprint density at radius 2 is 2.10 bits per heavy atom. The molecule has 0 saturated heterocycles. The Morgan fingerprint density at radius 3 is 2.81 bits per heavy atom. The first-order valence-electron chi connectivity index (χ1n) is 6.00. The van der Waals surface area contributed by atoms with Crippen LogP contribution < -0.4 is 10.1 Å². The summed E-state index contributed by atoms with van der Waals surface area (Å²) in [5.74, 6) is -0.0897. The molecule has 0 radical (unpaired) electrons. The number of anilines is 1. The number of nitrogens with one attached hydrogen (secondary N) is 1. The summed E-state index contributed by atoms with van der Waals surface area (Å²) in [4.78, 5) is 12.1. The summed E-state index contributed by atoms with van der Waals surface area (Å²) in [7, 11) is 0. The van der Waals surface area contributed by atoms with E-state index in [0.717, 1.165) is 0 Å². The van der Waals surface area contributed by atoms with E-state index in [1.54, 1.807) is 24.3 Å². The normalized spacial score (nSPS) is 9.71. The number of hydrogen-bond donors (Lipinski definition) is 2. The molecule has 0 aliphatic carbocycles. The van der Waals surface area contributed by atoms with Crippen molar-refractivity contribution < 1.29 is 14.6 Å². The molecule has 5 nitrogen and oxygen atoms in total. The minimum absolute atomic E-state index is 0.0917. The molecule has 0 aliphatic heterocycles. The van der Waals surface area contributed by atoms with Crippen molar-refractivity contribution in [3.05, 3.63) is 53.1 Å². The van der Waals surface area contributed by atoms with Crippen LogP contribution >= 0.6 is 11.6 Å². The molecule has 2 aromatic rings. The number of carbonyl (C=O) groups excluding carboxylic acids is 1. The molecular formula is C15H11ClN2O3. The van der Waals surface area contributed by atoms with Gasteiger partial charge in [0.2, 0.25) is 0 Å². The lowest BCUT2D eigenvalue weighted by Gasteiger charge is -2.11. The third-order valence-corrected chi connectivity index (χ3v) is 2.94. The number of rotatable bonds is 4. The smallest absolute Gasteiger partial charge is 0.255 e. The molecule has 0 atom stereocenters. The van der Waals surface area contributed by atoms with Crippen molar-refractivity contribution in [3.8, 4) is 17.6 Å².